The number of hydrogen-bond donors (Lipinski definition) is 1. The molecule has 2 aromatic heterocycles. The largest absolute Gasteiger partial charge is 0.371 e. The maximum Gasteiger partial charge on any atom is 0.171 e. The standard InChI is InChI=1S/C28H34FN7O2/c1-20-17-35(26-7-6-23(14-30)36-28(26)25(29)15-32-36)19-24(38-20)18-33-9-11-34(12-10-33)22-4-2-21(3-5-22)27-16-31-8-13-37-27/h2-7,15,20,24,27,31H,8-13,16-19H2,1H3. The molecule has 3 aliphatic heterocycles. The quantitative estimate of drug-likeness (QED) is 0.551. The SMILES string of the molecule is CC1CN(c2ccc(C#N)n3ncc(F)c23)CC(CN2CCN(c3ccc(C4CNCCO4)cc3)CC2)O1. The molecule has 0 spiro atoms. The summed E-state index contributed by atoms with van der Waals surface area (Å²) in [5, 5.41) is 16.9. The molecule has 3 atom stereocenters. The van der Waals surface area contributed by atoms with Crippen LogP contribution in [-0.4, -0.2) is 92.2 Å². The van der Waals surface area contributed by atoms with Crippen LogP contribution < -0.4 is 15.1 Å². The molecule has 3 fully saturated rings. The molecule has 38 heavy (non-hydrogen) atoms. The molecule has 3 saturated heterocycles. The maximum absolute atomic E-state index is 14.7. The number of benzene rings is 1. The Morgan fingerprint density at radius 1 is 1.08 bits per heavy atom. The van der Waals surface area contributed by atoms with Crippen molar-refractivity contribution in [2.75, 3.05) is 75.3 Å². The molecule has 0 saturated carbocycles. The first kappa shape index (κ1) is 25.1. The first-order valence-electron chi connectivity index (χ1n) is 13.5. The summed E-state index contributed by atoms with van der Waals surface area (Å²) < 4.78 is 28.2. The van der Waals surface area contributed by atoms with E-state index in [0.29, 0.717) is 24.3 Å². The topological polar surface area (TPSA) is 81.3 Å². The van der Waals surface area contributed by atoms with Crippen molar-refractivity contribution >= 4 is 16.9 Å². The van der Waals surface area contributed by atoms with Gasteiger partial charge in [-0.2, -0.15) is 10.4 Å². The zero-order valence-corrected chi connectivity index (χ0v) is 21.7. The fourth-order valence-electron chi connectivity index (χ4n) is 5.89. The van der Waals surface area contributed by atoms with Crippen LogP contribution in [0.1, 0.15) is 24.3 Å². The predicted octanol–water partition coefficient (Wildman–Crippen LogP) is 2.42. The van der Waals surface area contributed by atoms with Gasteiger partial charge in [0.1, 0.15) is 17.3 Å². The number of pyridine rings is 1. The predicted molar refractivity (Wildman–Crippen MR) is 143 cm³/mol. The van der Waals surface area contributed by atoms with Gasteiger partial charge in [-0.25, -0.2) is 8.91 Å². The second-order valence-corrected chi connectivity index (χ2v) is 10.4. The van der Waals surface area contributed by atoms with Gasteiger partial charge in [-0.3, -0.25) is 4.90 Å². The van der Waals surface area contributed by atoms with Crippen molar-refractivity contribution in [3.05, 3.63) is 59.7 Å². The Balaban J connectivity index is 1.07. The monoisotopic (exact) mass is 519 g/mol. The first-order chi connectivity index (χ1) is 18.6. The Morgan fingerprint density at radius 2 is 1.89 bits per heavy atom. The normalized spacial score (nSPS) is 25.0. The van der Waals surface area contributed by atoms with Crippen molar-refractivity contribution in [3.63, 3.8) is 0 Å². The number of nitrogens with one attached hydrogen (secondary N) is 1. The van der Waals surface area contributed by atoms with Crippen LogP contribution in [0.3, 0.4) is 0 Å². The minimum Gasteiger partial charge on any atom is -0.371 e. The summed E-state index contributed by atoms with van der Waals surface area (Å²) in [7, 11) is 0. The number of nitrogens with zero attached hydrogens (tertiary/aromatic N) is 6. The number of anilines is 2. The van der Waals surface area contributed by atoms with E-state index >= 15 is 0 Å². The molecule has 3 aliphatic rings. The number of fused-ring (bicyclic) bond motifs is 1. The summed E-state index contributed by atoms with van der Waals surface area (Å²) in [6.45, 7) is 10.6. The third-order valence-corrected chi connectivity index (χ3v) is 7.77. The molecule has 6 rings (SSSR count). The average molecular weight is 520 g/mol. The van der Waals surface area contributed by atoms with Crippen LogP contribution >= 0.6 is 0 Å². The number of nitriles is 1. The molecule has 9 nitrogen and oxygen atoms in total. The molecule has 3 unspecified atom stereocenters. The molecule has 10 heteroatoms. The third-order valence-electron chi connectivity index (χ3n) is 7.77. The van der Waals surface area contributed by atoms with Gasteiger partial charge in [-0.05, 0) is 36.8 Å². The molecule has 3 aromatic rings. The van der Waals surface area contributed by atoms with Gasteiger partial charge in [-0.15, -0.1) is 0 Å². The van der Waals surface area contributed by atoms with Crippen molar-refractivity contribution in [2.24, 2.45) is 0 Å². The zero-order chi connectivity index (χ0) is 26.1. The van der Waals surface area contributed by atoms with Gasteiger partial charge in [0.05, 0.1) is 36.8 Å². The van der Waals surface area contributed by atoms with Crippen molar-refractivity contribution in [1.29, 1.82) is 5.26 Å². The van der Waals surface area contributed by atoms with E-state index in [1.165, 1.54) is 22.0 Å². The van der Waals surface area contributed by atoms with Crippen LogP contribution in [0.2, 0.25) is 0 Å². The lowest BCUT2D eigenvalue weighted by molar-refractivity contribution is -0.0327. The van der Waals surface area contributed by atoms with Crippen LogP contribution in [0.4, 0.5) is 15.8 Å². The van der Waals surface area contributed by atoms with Gasteiger partial charge in [0.25, 0.3) is 0 Å². The Morgan fingerprint density at radius 3 is 2.63 bits per heavy atom. The summed E-state index contributed by atoms with van der Waals surface area (Å²) in [6, 6.07) is 14.4. The minimum absolute atomic E-state index is 0.00959. The fraction of sp³-hybridized carbons (Fsp3) is 0.500. The lowest BCUT2D eigenvalue weighted by Gasteiger charge is -2.42. The van der Waals surface area contributed by atoms with Gasteiger partial charge in [-0.1, -0.05) is 12.1 Å². The van der Waals surface area contributed by atoms with Gasteiger partial charge in [0, 0.05) is 64.6 Å². The fourth-order valence-corrected chi connectivity index (χ4v) is 5.89. The van der Waals surface area contributed by atoms with E-state index in [1.807, 2.05) is 6.07 Å². The summed E-state index contributed by atoms with van der Waals surface area (Å²) in [5.41, 5.74) is 3.89. The minimum atomic E-state index is -0.417. The summed E-state index contributed by atoms with van der Waals surface area (Å²) in [6.07, 6.45) is 1.33. The number of piperazine rings is 1. The van der Waals surface area contributed by atoms with E-state index in [4.69, 9.17) is 9.47 Å². The Bertz CT molecular complexity index is 1290. The highest BCUT2D eigenvalue weighted by molar-refractivity contribution is 5.74. The Kier molecular flexibility index (Phi) is 7.17. The lowest BCUT2D eigenvalue weighted by Crippen LogP contribution is -2.54. The van der Waals surface area contributed by atoms with Crippen LogP contribution in [0.15, 0.2) is 42.6 Å². The van der Waals surface area contributed by atoms with E-state index in [0.717, 1.165) is 58.1 Å². The molecular weight excluding hydrogens is 485 g/mol. The molecule has 0 bridgehead atoms. The number of aromatic nitrogens is 2. The van der Waals surface area contributed by atoms with Crippen LogP contribution in [0.25, 0.3) is 5.52 Å². The lowest BCUT2D eigenvalue weighted by atomic mass is 10.1. The highest BCUT2D eigenvalue weighted by Crippen LogP contribution is 2.29. The highest BCUT2D eigenvalue weighted by Gasteiger charge is 2.30. The summed E-state index contributed by atoms with van der Waals surface area (Å²) >= 11 is 0. The molecule has 5 heterocycles. The number of rotatable bonds is 5. The van der Waals surface area contributed by atoms with Crippen molar-refractivity contribution in [1.82, 2.24) is 19.8 Å². The second kappa shape index (κ2) is 10.9. The van der Waals surface area contributed by atoms with E-state index < -0.39 is 5.82 Å². The molecule has 1 aromatic carbocycles. The molecular formula is C28H34FN7O2. The summed E-state index contributed by atoms with van der Waals surface area (Å²) in [5.74, 6) is -0.417. The van der Waals surface area contributed by atoms with Crippen LogP contribution in [-0.2, 0) is 9.47 Å². The van der Waals surface area contributed by atoms with E-state index in [-0.39, 0.29) is 18.3 Å². The zero-order valence-electron chi connectivity index (χ0n) is 21.7. The number of halogens is 1. The number of hydrogen-bond acceptors (Lipinski definition) is 8. The maximum atomic E-state index is 14.7. The average Bonchev–Trinajstić information content (AvgIpc) is 3.35. The summed E-state index contributed by atoms with van der Waals surface area (Å²) in [4.78, 5) is 7.07. The van der Waals surface area contributed by atoms with Gasteiger partial charge in [0.2, 0.25) is 0 Å². The smallest absolute Gasteiger partial charge is 0.171 e. The number of morpholine rings is 2. The van der Waals surface area contributed by atoms with Gasteiger partial charge in [0.15, 0.2) is 5.82 Å². The van der Waals surface area contributed by atoms with E-state index in [9.17, 15) is 9.65 Å². The first-order valence-corrected chi connectivity index (χ1v) is 13.5. The highest BCUT2D eigenvalue weighted by atomic mass is 19.1. The van der Waals surface area contributed by atoms with Gasteiger partial charge >= 0.3 is 0 Å². The van der Waals surface area contributed by atoms with Crippen molar-refractivity contribution in [2.45, 2.75) is 25.2 Å². The van der Waals surface area contributed by atoms with Crippen molar-refractivity contribution < 1.29 is 13.9 Å². The molecule has 0 amide bonds. The van der Waals surface area contributed by atoms with Crippen molar-refractivity contribution in [3.8, 4) is 6.07 Å². The van der Waals surface area contributed by atoms with Gasteiger partial charge < -0.3 is 24.6 Å². The molecule has 1 N–H and O–H groups in total. The Labute approximate surface area is 222 Å². The molecule has 200 valence electrons. The van der Waals surface area contributed by atoms with E-state index in [1.54, 1.807) is 6.07 Å². The third kappa shape index (κ3) is 5.07. The van der Waals surface area contributed by atoms with Crippen LogP contribution in [0, 0.1) is 17.1 Å². The second-order valence-electron chi connectivity index (χ2n) is 10.4. The van der Waals surface area contributed by atoms with Crippen LogP contribution in [0.5, 0.6) is 0 Å². The number of ether oxygens (including phenoxy) is 2. The Hall–Kier alpha value is -3.23. The molecule has 0 aliphatic carbocycles. The van der Waals surface area contributed by atoms with E-state index in [2.05, 4.69) is 62.4 Å². The molecule has 0 radical (unpaired) electrons.